The molecule has 20 heavy (non-hydrogen) atoms. The molecule has 0 aliphatic rings. The summed E-state index contributed by atoms with van der Waals surface area (Å²) in [7, 11) is 1.84. The third-order valence-electron chi connectivity index (χ3n) is 2.86. The molecule has 0 aliphatic heterocycles. The summed E-state index contributed by atoms with van der Waals surface area (Å²) in [6.07, 6.45) is 1.43. The molecule has 0 saturated carbocycles. The van der Waals surface area contributed by atoms with E-state index in [0.717, 1.165) is 0 Å². The number of hydrogen-bond acceptors (Lipinski definition) is 5. The van der Waals surface area contributed by atoms with Gasteiger partial charge in [0.1, 0.15) is 6.33 Å². The van der Waals surface area contributed by atoms with E-state index < -0.39 is 0 Å². The minimum atomic E-state index is -0.222. The van der Waals surface area contributed by atoms with Crippen LogP contribution >= 0.6 is 11.6 Å². The van der Waals surface area contributed by atoms with Gasteiger partial charge in [-0.05, 0) is 42.6 Å². The van der Waals surface area contributed by atoms with E-state index in [1.54, 1.807) is 18.2 Å². The lowest BCUT2D eigenvalue weighted by molar-refractivity contribution is 0.0950. The molecule has 0 bridgehead atoms. The van der Waals surface area contributed by atoms with Crippen molar-refractivity contribution < 1.29 is 4.79 Å². The van der Waals surface area contributed by atoms with Gasteiger partial charge in [-0.25, -0.2) is 0 Å². The lowest BCUT2D eigenvalue weighted by atomic mass is 10.1. The normalized spacial score (nSPS) is 12.2. The molecule has 1 unspecified atom stereocenters. The highest BCUT2D eigenvalue weighted by molar-refractivity contribution is 6.31. The van der Waals surface area contributed by atoms with Crippen LogP contribution in [-0.4, -0.2) is 45.7 Å². The van der Waals surface area contributed by atoms with Crippen LogP contribution in [0.2, 0.25) is 5.02 Å². The summed E-state index contributed by atoms with van der Waals surface area (Å²) in [5.74, 6) is -0.222. The Bertz CT molecular complexity index is 586. The maximum absolute atomic E-state index is 12.3. The van der Waals surface area contributed by atoms with Crippen molar-refractivity contribution in [1.29, 1.82) is 0 Å². The van der Waals surface area contributed by atoms with Gasteiger partial charge < -0.3 is 10.6 Å². The first-order chi connectivity index (χ1) is 9.61. The summed E-state index contributed by atoms with van der Waals surface area (Å²) in [6, 6.07) is 5.16. The topological polar surface area (TPSA) is 84.7 Å². The molecule has 1 heterocycles. The number of hydrogen-bond donors (Lipinski definition) is 2. The van der Waals surface area contributed by atoms with Crippen LogP contribution in [0.1, 0.15) is 17.3 Å². The van der Waals surface area contributed by atoms with Crippen LogP contribution in [0.25, 0.3) is 5.69 Å². The maximum atomic E-state index is 12.3. The molecule has 1 aromatic carbocycles. The van der Waals surface area contributed by atoms with Crippen LogP contribution in [0.15, 0.2) is 24.5 Å². The van der Waals surface area contributed by atoms with Crippen molar-refractivity contribution >= 4 is 17.5 Å². The molecule has 1 amide bonds. The van der Waals surface area contributed by atoms with Crippen molar-refractivity contribution in [3.8, 4) is 5.69 Å². The van der Waals surface area contributed by atoms with Crippen molar-refractivity contribution in [2.75, 3.05) is 13.6 Å². The molecule has 2 aromatic rings. The number of rotatable bonds is 5. The Labute approximate surface area is 121 Å². The van der Waals surface area contributed by atoms with Gasteiger partial charge in [-0.3, -0.25) is 4.79 Å². The zero-order valence-corrected chi connectivity index (χ0v) is 11.9. The summed E-state index contributed by atoms with van der Waals surface area (Å²) in [5, 5.41) is 17.3. The first-order valence-electron chi connectivity index (χ1n) is 6.10. The number of aromatic nitrogens is 4. The van der Waals surface area contributed by atoms with E-state index in [1.807, 2.05) is 14.0 Å². The van der Waals surface area contributed by atoms with Gasteiger partial charge in [0, 0.05) is 17.6 Å². The lowest BCUT2D eigenvalue weighted by Gasteiger charge is -2.13. The number of likely N-dealkylation sites (N-methyl/N-ethyl adjacent to an activating group) is 1. The number of tetrazole rings is 1. The number of amides is 1. The Hall–Kier alpha value is -1.99. The highest BCUT2D eigenvalue weighted by Gasteiger charge is 2.15. The van der Waals surface area contributed by atoms with Gasteiger partial charge in [-0.15, -0.1) is 5.10 Å². The van der Waals surface area contributed by atoms with Crippen molar-refractivity contribution in [3.05, 3.63) is 35.1 Å². The van der Waals surface area contributed by atoms with E-state index in [9.17, 15) is 4.79 Å². The van der Waals surface area contributed by atoms with Crippen LogP contribution in [-0.2, 0) is 0 Å². The fourth-order valence-electron chi connectivity index (χ4n) is 1.60. The Morgan fingerprint density at radius 3 is 2.95 bits per heavy atom. The molecule has 7 nitrogen and oxygen atoms in total. The first kappa shape index (κ1) is 14.4. The van der Waals surface area contributed by atoms with E-state index in [-0.39, 0.29) is 11.9 Å². The van der Waals surface area contributed by atoms with Gasteiger partial charge in [0.2, 0.25) is 0 Å². The van der Waals surface area contributed by atoms with E-state index in [2.05, 4.69) is 26.2 Å². The third-order valence-corrected chi connectivity index (χ3v) is 3.10. The maximum Gasteiger partial charge on any atom is 0.253 e. The molecule has 2 rings (SSSR count). The van der Waals surface area contributed by atoms with Crippen LogP contribution in [0.5, 0.6) is 0 Å². The molecular formula is C12H15ClN6O. The van der Waals surface area contributed by atoms with E-state index >= 15 is 0 Å². The second-order valence-electron chi connectivity index (χ2n) is 4.32. The van der Waals surface area contributed by atoms with Crippen LogP contribution in [0, 0.1) is 0 Å². The molecule has 0 aliphatic carbocycles. The zero-order valence-electron chi connectivity index (χ0n) is 11.2. The lowest BCUT2D eigenvalue weighted by Crippen LogP contribution is -2.37. The first-order valence-corrected chi connectivity index (χ1v) is 6.48. The highest BCUT2D eigenvalue weighted by atomic mass is 35.5. The molecule has 1 atom stereocenters. The second-order valence-corrected chi connectivity index (χ2v) is 4.75. The number of carbonyl (C=O) groups excluding carboxylic acids is 1. The molecule has 8 heteroatoms. The summed E-state index contributed by atoms with van der Waals surface area (Å²) >= 11 is 5.96. The largest absolute Gasteiger partial charge is 0.350 e. The van der Waals surface area contributed by atoms with E-state index in [0.29, 0.717) is 22.8 Å². The molecule has 106 valence electrons. The standard InChI is InChI=1S/C12H15ClN6O/c1-8(14-2)6-15-12(20)10-5-9(13)3-4-11(10)19-7-16-17-18-19/h3-5,7-8,14H,6H2,1-2H3,(H,15,20). The predicted octanol–water partition coefficient (Wildman–Crippen LogP) is 0.653. The van der Waals surface area contributed by atoms with Crippen molar-refractivity contribution in [2.45, 2.75) is 13.0 Å². The number of carbonyl (C=O) groups is 1. The van der Waals surface area contributed by atoms with Gasteiger partial charge in [-0.1, -0.05) is 11.6 Å². The van der Waals surface area contributed by atoms with Gasteiger partial charge in [0.05, 0.1) is 11.3 Å². The van der Waals surface area contributed by atoms with E-state index in [1.165, 1.54) is 11.0 Å². The summed E-state index contributed by atoms with van der Waals surface area (Å²) in [5.41, 5.74) is 1.00. The molecule has 0 saturated heterocycles. The average molecular weight is 295 g/mol. The smallest absolute Gasteiger partial charge is 0.253 e. The molecule has 0 spiro atoms. The van der Waals surface area contributed by atoms with Crippen LogP contribution in [0.3, 0.4) is 0 Å². The summed E-state index contributed by atoms with van der Waals surface area (Å²) in [6.45, 7) is 2.48. The number of benzene rings is 1. The number of halogens is 1. The third kappa shape index (κ3) is 3.31. The quantitative estimate of drug-likeness (QED) is 0.846. The van der Waals surface area contributed by atoms with Gasteiger partial charge >= 0.3 is 0 Å². The fraction of sp³-hybridized carbons (Fsp3) is 0.333. The molecular weight excluding hydrogens is 280 g/mol. The predicted molar refractivity (Wildman–Crippen MR) is 75.0 cm³/mol. The van der Waals surface area contributed by atoms with Crippen molar-refractivity contribution in [1.82, 2.24) is 30.8 Å². The Morgan fingerprint density at radius 2 is 2.30 bits per heavy atom. The van der Waals surface area contributed by atoms with Gasteiger partial charge in [0.15, 0.2) is 0 Å². The zero-order chi connectivity index (χ0) is 14.5. The van der Waals surface area contributed by atoms with Crippen molar-refractivity contribution in [3.63, 3.8) is 0 Å². The molecule has 1 aromatic heterocycles. The van der Waals surface area contributed by atoms with Crippen LogP contribution in [0.4, 0.5) is 0 Å². The molecule has 0 fully saturated rings. The number of nitrogens with one attached hydrogen (secondary N) is 2. The van der Waals surface area contributed by atoms with E-state index in [4.69, 9.17) is 11.6 Å². The van der Waals surface area contributed by atoms with Gasteiger partial charge in [0.25, 0.3) is 5.91 Å². The highest BCUT2D eigenvalue weighted by Crippen LogP contribution is 2.18. The molecule has 0 radical (unpaired) electrons. The fourth-order valence-corrected chi connectivity index (χ4v) is 1.78. The van der Waals surface area contributed by atoms with Gasteiger partial charge in [-0.2, -0.15) is 4.68 Å². The summed E-state index contributed by atoms with van der Waals surface area (Å²) < 4.78 is 1.42. The second kappa shape index (κ2) is 6.44. The van der Waals surface area contributed by atoms with Crippen LogP contribution < -0.4 is 10.6 Å². The monoisotopic (exact) mass is 294 g/mol. The minimum Gasteiger partial charge on any atom is -0.350 e. The van der Waals surface area contributed by atoms with Crippen molar-refractivity contribution in [2.24, 2.45) is 0 Å². The SMILES string of the molecule is CNC(C)CNC(=O)c1cc(Cl)ccc1-n1cnnn1. The Balaban J connectivity index is 2.26. The Kier molecular flexibility index (Phi) is 4.65. The number of nitrogens with zero attached hydrogens (tertiary/aromatic N) is 4. The average Bonchev–Trinajstić information content (AvgIpc) is 2.98. The minimum absolute atomic E-state index is 0.176. The molecule has 2 N–H and O–H groups in total. The summed E-state index contributed by atoms with van der Waals surface area (Å²) in [4.78, 5) is 12.3. The Morgan fingerprint density at radius 1 is 1.50 bits per heavy atom.